The number of nitrogens with two attached hydrogens (primary N) is 1. The molecule has 0 aliphatic heterocycles. The summed E-state index contributed by atoms with van der Waals surface area (Å²) in [5.41, 5.74) is 5.55. The van der Waals surface area contributed by atoms with Crippen LogP contribution in [0.25, 0.3) is 0 Å². The summed E-state index contributed by atoms with van der Waals surface area (Å²) in [6, 6.07) is 5.61. The smallest absolute Gasteiger partial charge is 0.180 e. The molecule has 1 aromatic heterocycles. The first kappa shape index (κ1) is 12.0. The summed E-state index contributed by atoms with van der Waals surface area (Å²) in [7, 11) is 0. The van der Waals surface area contributed by atoms with E-state index >= 15 is 0 Å². The zero-order valence-corrected chi connectivity index (χ0v) is 11.3. The van der Waals surface area contributed by atoms with E-state index in [1.54, 1.807) is 24.0 Å². The van der Waals surface area contributed by atoms with E-state index in [9.17, 15) is 0 Å². The Bertz CT molecular complexity index is 499. The zero-order valence-electron chi connectivity index (χ0n) is 8.11. The number of nitrogens with zero attached hydrogens (tertiary/aromatic N) is 1. The Labute approximate surface area is 112 Å². The SMILES string of the molecule is Nc1ncc(CSc2ccc(Cl)c(Cl)c2)s1. The molecule has 0 radical (unpaired) electrons. The van der Waals surface area contributed by atoms with Gasteiger partial charge in [0.1, 0.15) is 0 Å². The molecule has 2 N–H and O–H groups in total. The number of halogens is 2. The summed E-state index contributed by atoms with van der Waals surface area (Å²) in [6.45, 7) is 0. The topological polar surface area (TPSA) is 38.9 Å². The molecule has 6 heteroatoms. The van der Waals surface area contributed by atoms with Crippen molar-refractivity contribution in [3.05, 3.63) is 39.3 Å². The van der Waals surface area contributed by atoms with Crippen LogP contribution in [0.4, 0.5) is 5.13 Å². The van der Waals surface area contributed by atoms with E-state index in [2.05, 4.69) is 4.98 Å². The number of anilines is 1. The number of aromatic nitrogens is 1. The van der Waals surface area contributed by atoms with E-state index in [1.807, 2.05) is 12.1 Å². The van der Waals surface area contributed by atoms with Gasteiger partial charge >= 0.3 is 0 Å². The highest BCUT2D eigenvalue weighted by Crippen LogP contribution is 2.31. The Morgan fingerprint density at radius 1 is 1.31 bits per heavy atom. The molecule has 84 valence electrons. The van der Waals surface area contributed by atoms with E-state index in [0.717, 1.165) is 15.5 Å². The van der Waals surface area contributed by atoms with Crippen molar-refractivity contribution in [2.24, 2.45) is 0 Å². The lowest BCUT2D eigenvalue weighted by Crippen LogP contribution is -1.77. The molecular weight excluding hydrogens is 283 g/mol. The minimum atomic E-state index is 0.577. The molecule has 0 spiro atoms. The lowest BCUT2D eigenvalue weighted by atomic mass is 10.4. The minimum Gasteiger partial charge on any atom is -0.375 e. The normalized spacial score (nSPS) is 10.6. The fraction of sp³-hybridized carbons (Fsp3) is 0.100. The summed E-state index contributed by atoms with van der Waals surface area (Å²) in [6.07, 6.45) is 1.80. The molecule has 2 rings (SSSR count). The van der Waals surface area contributed by atoms with Crippen LogP contribution in [0.15, 0.2) is 29.3 Å². The molecule has 0 bridgehead atoms. The quantitative estimate of drug-likeness (QED) is 0.856. The van der Waals surface area contributed by atoms with E-state index in [0.29, 0.717) is 15.2 Å². The maximum atomic E-state index is 5.92. The van der Waals surface area contributed by atoms with Crippen LogP contribution in [0.2, 0.25) is 10.0 Å². The van der Waals surface area contributed by atoms with Gasteiger partial charge in [-0.05, 0) is 18.2 Å². The van der Waals surface area contributed by atoms with Crippen molar-refractivity contribution in [2.45, 2.75) is 10.6 Å². The van der Waals surface area contributed by atoms with E-state index in [4.69, 9.17) is 28.9 Å². The van der Waals surface area contributed by atoms with Crippen molar-refractivity contribution in [2.75, 3.05) is 5.73 Å². The molecule has 2 nitrogen and oxygen atoms in total. The largest absolute Gasteiger partial charge is 0.375 e. The molecule has 0 saturated heterocycles. The molecular formula is C10H8Cl2N2S2. The maximum Gasteiger partial charge on any atom is 0.180 e. The highest BCUT2D eigenvalue weighted by atomic mass is 35.5. The molecule has 2 aromatic rings. The van der Waals surface area contributed by atoms with Gasteiger partial charge in [-0.15, -0.1) is 23.1 Å². The second-order valence-electron chi connectivity index (χ2n) is 3.03. The number of hydrogen-bond acceptors (Lipinski definition) is 4. The third kappa shape index (κ3) is 3.04. The fourth-order valence-corrected chi connectivity index (χ4v) is 3.11. The van der Waals surface area contributed by atoms with Crippen LogP contribution in [-0.2, 0) is 5.75 Å². The van der Waals surface area contributed by atoms with Gasteiger partial charge in [0.25, 0.3) is 0 Å². The van der Waals surface area contributed by atoms with Crippen molar-refractivity contribution in [1.82, 2.24) is 4.98 Å². The Kier molecular flexibility index (Phi) is 3.97. The van der Waals surface area contributed by atoms with Crippen molar-refractivity contribution in [1.29, 1.82) is 0 Å². The monoisotopic (exact) mass is 290 g/mol. The van der Waals surface area contributed by atoms with Crippen LogP contribution >= 0.6 is 46.3 Å². The van der Waals surface area contributed by atoms with Crippen molar-refractivity contribution < 1.29 is 0 Å². The standard InChI is InChI=1S/C10H8Cl2N2S2/c11-8-2-1-6(3-9(8)12)15-5-7-4-14-10(13)16-7/h1-4H,5H2,(H2,13,14). The Morgan fingerprint density at radius 2 is 2.12 bits per heavy atom. The number of thiazole rings is 1. The first-order chi connectivity index (χ1) is 7.65. The lowest BCUT2D eigenvalue weighted by molar-refractivity contribution is 1.36. The molecule has 1 aromatic carbocycles. The van der Waals surface area contributed by atoms with E-state index < -0.39 is 0 Å². The average molecular weight is 291 g/mol. The predicted octanol–water partition coefficient (Wildman–Crippen LogP) is 4.32. The van der Waals surface area contributed by atoms with Crippen LogP contribution in [0.5, 0.6) is 0 Å². The molecule has 0 aliphatic carbocycles. The molecule has 1 heterocycles. The minimum absolute atomic E-state index is 0.577. The number of benzene rings is 1. The lowest BCUT2D eigenvalue weighted by Gasteiger charge is -2.01. The third-order valence-electron chi connectivity index (χ3n) is 1.84. The molecule has 0 unspecified atom stereocenters. The first-order valence-electron chi connectivity index (χ1n) is 4.43. The number of hydrogen-bond donors (Lipinski definition) is 1. The van der Waals surface area contributed by atoms with Crippen LogP contribution in [0.3, 0.4) is 0 Å². The molecule has 0 atom stereocenters. The molecule has 0 saturated carbocycles. The van der Waals surface area contributed by atoms with Crippen LogP contribution in [0.1, 0.15) is 4.88 Å². The van der Waals surface area contributed by atoms with Crippen molar-refractivity contribution in [3.8, 4) is 0 Å². The van der Waals surface area contributed by atoms with Gasteiger partial charge in [-0.2, -0.15) is 0 Å². The molecule has 16 heavy (non-hydrogen) atoms. The summed E-state index contributed by atoms with van der Waals surface area (Å²) < 4.78 is 0. The first-order valence-corrected chi connectivity index (χ1v) is 6.99. The summed E-state index contributed by atoms with van der Waals surface area (Å²) in [5, 5.41) is 1.76. The number of rotatable bonds is 3. The van der Waals surface area contributed by atoms with Crippen LogP contribution in [0, 0.1) is 0 Å². The van der Waals surface area contributed by atoms with Gasteiger partial charge < -0.3 is 5.73 Å². The average Bonchev–Trinajstić information content (AvgIpc) is 2.66. The zero-order chi connectivity index (χ0) is 11.5. The van der Waals surface area contributed by atoms with Crippen LogP contribution < -0.4 is 5.73 Å². The van der Waals surface area contributed by atoms with Gasteiger partial charge in [-0.1, -0.05) is 23.2 Å². The fourth-order valence-electron chi connectivity index (χ4n) is 1.11. The van der Waals surface area contributed by atoms with E-state index in [1.165, 1.54) is 11.3 Å². The Hall–Kier alpha value is -0.420. The molecule has 0 amide bonds. The predicted molar refractivity (Wildman–Crippen MR) is 72.5 cm³/mol. The molecule has 0 aliphatic rings. The van der Waals surface area contributed by atoms with Gasteiger partial charge in [-0.3, -0.25) is 0 Å². The van der Waals surface area contributed by atoms with Gasteiger partial charge in [0.2, 0.25) is 0 Å². The summed E-state index contributed by atoms with van der Waals surface area (Å²) >= 11 is 14.9. The van der Waals surface area contributed by atoms with Gasteiger partial charge in [0.05, 0.1) is 10.0 Å². The highest BCUT2D eigenvalue weighted by Gasteiger charge is 2.03. The highest BCUT2D eigenvalue weighted by molar-refractivity contribution is 7.98. The second-order valence-corrected chi connectivity index (χ2v) is 6.04. The number of nitrogen functional groups attached to an aromatic ring is 1. The second kappa shape index (κ2) is 5.27. The van der Waals surface area contributed by atoms with Gasteiger partial charge in [0, 0.05) is 21.7 Å². The van der Waals surface area contributed by atoms with Gasteiger partial charge in [0.15, 0.2) is 5.13 Å². The summed E-state index contributed by atoms with van der Waals surface area (Å²) in [4.78, 5) is 6.23. The Balaban J connectivity index is 2.02. The summed E-state index contributed by atoms with van der Waals surface area (Å²) in [5.74, 6) is 0.840. The maximum absolute atomic E-state index is 5.92. The third-order valence-corrected chi connectivity index (χ3v) is 4.63. The van der Waals surface area contributed by atoms with Crippen molar-refractivity contribution >= 4 is 51.4 Å². The van der Waals surface area contributed by atoms with Crippen LogP contribution in [-0.4, -0.2) is 4.98 Å². The number of thioether (sulfide) groups is 1. The van der Waals surface area contributed by atoms with E-state index in [-0.39, 0.29) is 0 Å². The van der Waals surface area contributed by atoms with Crippen molar-refractivity contribution in [3.63, 3.8) is 0 Å². The Morgan fingerprint density at radius 3 is 2.75 bits per heavy atom. The molecule has 0 fully saturated rings. The van der Waals surface area contributed by atoms with Gasteiger partial charge in [-0.25, -0.2) is 4.98 Å².